The van der Waals surface area contributed by atoms with Crippen LogP contribution in [0.4, 0.5) is 11.4 Å². The van der Waals surface area contributed by atoms with E-state index in [0.29, 0.717) is 34.9 Å². The minimum atomic E-state index is -0.351. The molecule has 142 valence electrons. The lowest BCUT2D eigenvalue weighted by atomic mass is 10.1. The van der Waals surface area contributed by atoms with Crippen LogP contribution >= 0.6 is 12.2 Å². The fourth-order valence-electron chi connectivity index (χ4n) is 2.28. The van der Waals surface area contributed by atoms with Crippen molar-refractivity contribution >= 4 is 40.5 Å². The van der Waals surface area contributed by atoms with Gasteiger partial charge in [0.05, 0.1) is 14.2 Å². The maximum Gasteiger partial charge on any atom is 0.263 e. The molecule has 0 bridgehead atoms. The third kappa shape index (κ3) is 5.42. The van der Waals surface area contributed by atoms with Crippen molar-refractivity contribution in [2.45, 2.75) is 13.3 Å². The first-order chi connectivity index (χ1) is 13.0. The van der Waals surface area contributed by atoms with Crippen molar-refractivity contribution in [1.82, 2.24) is 5.32 Å². The molecule has 0 aliphatic carbocycles. The van der Waals surface area contributed by atoms with Crippen LogP contribution in [0.25, 0.3) is 0 Å². The molecular weight excluding hydrogens is 366 g/mol. The summed E-state index contributed by atoms with van der Waals surface area (Å²) in [6.07, 6.45) is 0.346. The zero-order chi connectivity index (χ0) is 19.8. The minimum absolute atomic E-state index is 0.165. The summed E-state index contributed by atoms with van der Waals surface area (Å²) < 4.78 is 10.5. The third-order valence-corrected chi connectivity index (χ3v) is 3.83. The van der Waals surface area contributed by atoms with Gasteiger partial charge in [-0.25, -0.2) is 0 Å². The number of ether oxygens (including phenoxy) is 2. The summed E-state index contributed by atoms with van der Waals surface area (Å²) in [4.78, 5) is 24.0. The molecule has 8 heteroatoms. The SMILES string of the molecule is CCC(=O)NC(=S)Nc1ccc(NC(=O)c2c(OC)cccc2OC)cc1. The van der Waals surface area contributed by atoms with Gasteiger partial charge in [-0.15, -0.1) is 0 Å². The van der Waals surface area contributed by atoms with Gasteiger partial charge in [0.2, 0.25) is 5.91 Å². The molecular formula is C19H21N3O4S. The predicted octanol–water partition coefficient (Wildman–Crippen LogP) is 3.18. The smallest absolute Gasteiger partial charge is 0.263 e. The maximum atomic E-state index is 12.6. The maximum absolute atomic E-state index is 12.6. The molecule has 2 aromatic rings. The number of methoxy groups -OCH3 is 2. The van der Waals surface area contributed by atoms with Crippen molar-refractivity contribution in [3.05, 3.63) is 48.0 Å². The predicted molar refractivity (Wildman–Crippen MR) is 109 cm³/mol. The van der Waals surface area contributed by atoms with E-state index in [1.165, 1.54) is 14.2 Å². The highest BCUT2D eigenvalue weighted by molar-refractivity contribution is 7.80. The molecule has 0 spiro atoms. The molecule has 0 heterocycles. The van der Waals surface area contributed by atoms with Gasteiger partial charge in [0.1, 0.15) is 17.1 Å². The van der Waals surface area contributed by atoms with Crippen molar-refractivity contribution < 1.29 is 19.1 Å². The standard InChI is InChI=1S/C19H21N3O4S/c1-4-16(23)22-19(27)21-13-10-8-12(9-11-13)20-18(24)17-14(25-2)6-5-7-15(17)26-3/h5-11H,4H2,1-3H3,(H,20,24)(H2,21,22,23,27). The number of nitrogens with one attached hydrogen (secondary N) is 3. The number of carbonyl (C=O) groups is 2. The number of thiocarbonyl (C=S) groups is 1. The van der Waals surface area contributed by atoms with Crippen LogP contribution < -0.4 is 25.4 Å². The van der Waals surface area contributed by atoms with Crippen LogP contribution in [0.15, 0.2) is 42.5 Å². The van der Waals surface area contributed by atoms with Gasteiger partial charge in [0.15, 0.2) is 5.11 Å². The van der Waals surface area contributed by atoms with E-state index in [-0.39, 0.29) is 16.9 Å². The van der Waals surface area contributed by atoms with Gasteiger partial charge in [-0.05, 0) is 48.6 Å². The Morgan fingerprint density at radius 1 is 0.926 bits per heavy atom. The van der Waals surface area contributed by atoms with E-state index in [0.717, 1.165) is 0 Å². The average Bonchev–Trinajstić information content (AvgIpc) is 2.68. The molecule has 2 rings (SSSR count). The van der Waals surface area contributed by atoms with Gasteiger partial charge >= 0.3 is 0 Å². The van der Waals surface area contributed by atoms with Gasteiger partial charge in [0.25, 0.3) is 5.91 Å². The monoisotopic (exact) mass is 387 g/mol. The summed E-state index contributed by atoms with van der Waals surface area (Å²) in [5, 5.41) is 8.48. The van der Waals surface area contributed by atoms with Gasteiger partial charge in [0, 0.05) is 17.8 Å². The fraction of sp³-hybridized carbons (Fsp3) is 0.211. The van der Waals surface area contributed by atoms with E-state index >= 15 is 0 Å². The number of amides is 2. The van der Waals surface area contributed by atoms with Crippen molar-refractivity contribution in [1.29, 1.82) is 0 Å². The Kier molecular flexibility index (Phi) is 7.13. The zero-order valence-electron chi connectivity index (χ0n) is 15.3. The molecule has 2 amide bonds. The Labute approximate surface area is 163 Å². The van der Waals surface area contributed by atoms with Crippen LogP contribution in [0, 0.1) is 0 Å². The number of hydrogen-bond acceptors (Lipinski definition) is 5. The second-order valence-electron chi connectivity index (χ2n) is 5.42. The average molecular weight is 387 g/mol. The van der Waals surface area contributed by atoms with Crippen LogP contribution in [0.5, 0.6) is 11.5 Å². The molecule has 0 unspecified atom stereocenters. The first-order valence-corrected chi connectivity index (χ1v) is 8.62. The summed E-state index contributed by atoms with van der Waals surface area (Å²) in [6.45, 7) is 1.74. The second-order valence-corrected chi connectivity index (χ2v) is 5.83. The number of benzene rings is 2. The van der Waals surface area contributed by atoms with Gasteiger partial charge in [-0.1, -0.05) is 13.0 Å². The first kappa shape index (κ1) is 20.2. The number of carbonyl (C=O) groups excluding carboxylic acids is 2. The van der Waals surface area contributed by atoms with E-state index in [4.69, 9.17) is 21.7 Å². The van der Waals surface area contributed by atoms with E-state index in [1.54, 1.807) is 49.4 Å². The fourth-order valence-corrected chi connectivity index (χ4v) is 2.51. The van der Waals surface area contributed by atoms with E-state index in [1.807, 2.05) is 0 Å². The van der Waals surface area contributed by atoms with Crippen LogP contribution in [0.3, 0.4) is 0 Å². The number of rotatable bonds is 6. The Hall–Kier alpha value is -3.13. The highest BCUT2D eigenvalue weighted by Crippen LogP contribution is 2.29. The van der Waals surface area contributed by atoms with Crippen molar-refractivity contribution in [2.75, 3.05) is 24.9 Å². The topological polar surface area (TPSA) is 88.7 Å². The summed E-state index contributed by atoms with van der Waals surface area (Å²) in [7, 11) is 2.98. The van der Waals surface area contributed by atoms with Gasteiger partial charge in [-0.3, -0.25) is 9.59 Å². The van der Waals surface area contributed by atoms with Crippen LogP contribution in [0.2, 0.25) is 0 Å². The second kappa shape index (κ2) is 9.54. The molecule has 0 saturated heterocycles. The first-order valence-electron chi connectivity index (χ1n) is 8.21. The molecule has 7 nitrogen and oxygen atoms in total. The molecule has 0 aliphatic heterocycles. The highest BCUT2D eigenvalue weighted by atomic mass is 32.1. The zero-order valence-corrected chi connectivity index (χ0v) is 16.1. The van der Waals surface area contributed by atoms with Crippen molar-refractivity contribution in [2.24, 2.45) is 0 Å². The van der Waals surface area contributed by atoms with Gasteiger partial charge in [-0.2, -0.15) is 0 Å². The van der Waals surface area contributed by atoms with E-state index in [9.17, 15) is 9.59 Å². The number of hydrogen-bond donors (Lipinski definition) is 3. The Morgan fingerprint density at radius 2 is 1.44 bits per heavy atom. The van der Waals surface area contributed by atoms with E-state index in [2.05, 4.69) is 16.0 Å². The summed E-state index contributed by atoms with van der Waals surface area (Å²) in [5.74, 6) is 0.321. The van der Waals surface area contributed by atoms with Crippen molar-refractivity contribution in [3.8, 4) is 11.5 Å². The third-order valence-electron chi connectivity index (χ3n) is 3.63. The lowest BCUT2D eigenvalue weighted by Gasteiger charge is -2.13. The molecule has 0 aromatic heterocycles. The molecule has 0 radical (unpaired) electrons. The Balaban J connectivity index is 2.08. The quantitative estimate of drug-likeness (QED) is 0.660. The molecule has 0 aliphatic rings. The normalized spacial score (nSPS) is 9.89. The molecule has 0 fully saturated rings. The summed E-state index contributed by atoms with van der Waals surface area (Å²) >= 11 is 5.06. The summed E-state index contributed by atoms with van der Waals surface area (Å²) in [6, 6.07) is 12.0. The lowest BCUT2D eigenvalue weighted by Crippen LogP contribution is -2.33. The minimum Gasteiger partial charge on any atom is -0.496 e. The number of anilines is 2. The van der Waals surface area contributed by atoms with Crippen LogP contribution in [-0.2, 0) is 4.79 Å². The molecule has 0 saturated carbocycles. The highest BCUT2D eigenvalue weighted by Gasteiger charge is 2.18. The molecule has 3 N–H and O–H groups in total. The summed E-state index contributed by atoms with van der Waals surface area (Å²) in [5.41, 5.74) is 1.58. The van der Waals surface area contributed by atoms with Crippen LogP contribution in [-0.4, -0.2) is 31.1 Å². The lowest BCUT2D eigenvalue weighted by molar-refractivity contribution is -0.119. The van der Waals surface area contributed by atoms with Gasteiger partial charge < -0.3 is 25.4 Å². The Bertz CT molecular complexity index is 815. The largest absolute Gasteiger partial charge is 0.496 e. The van der Waals surface area contributed by atoms with Crippen LogP contribution in [0.1, 0.15) is 23.7 Å². The molecule has 2 aromatic carbocycles. The van der Waals surface area contributed by atoms with E-state index < -0.39 is 0 Å². The van der Waals surface area contributed by atoms with Crippen molar-refractivity contribution in [3.63, 3.8) is 0 Å². The Morgan fingerprint density at radius 3 is 1.93 bits per heavy atom. The molecule has 27 heavy (non-hydrogen) atoms. The molecule has 0 atom stereocenters.